The second-order valence-electron chi connectivity index (χ2n) is 14.2. The highest BCUT2D eigenvalue weighted by Gasteiger charge is 2.46. The van der Waals surface area contributed by atoms with E-state index in [-0.39, 0.29) is 52.0 Å². The minimum absolute atomic E-state index is 0.0152. The predicted molar refractivity (Wildman–Crippen MR) is 147 cm³/mol. The molecule has 2 fully saturated rings. The summed E-state index contributed by atoms with van der Waals surface area (Å²) in [6.45, 7) is 21.2. The van der Waals surface area contributed by atoms with Gasteiger partial charge in [0.1, 0.15) is 12.2 Å². The molecule has 0 aromatic rings. The molecule has 0 bridgehead atoms. The molecular weight excluding hydrogens is 452 g/mol. The molecule has 0 radical (unpaired) electrons. The third-order valence-electron chi connectivity index (χ3n) is 8.03. The van der Waals surface area contributed by atoms with Crippen molar-refractivity contribution in [3.05, 3.63) is 0 Å². The van der Waals surface area contributed by atoms with Gasteiger partial charge in [0.25, 0.3) is 0 Å². The molecule has 2 aliphatic rings. The number of hydrogen-bond acceptors (Lipinski definition) is 6. The Bertz CT molecular complexity index is 696. The number of esters is 2. The number of carbonyl (C=O) groups excluding carboxylic acids is 2. The number of unbranched alkanes of at least 4 members (excludes halogenated alkanes) is 4. The van der Waals surface area contributed by atoms with E-state index in [1.165, 1.54) is 0 Å². The molecule has 36 heavy (non-hydrogen) atoms. The van der Waals surface area contributed by atoms with Crippen LogP contribution in [0, 0.1) is 16.7 Å². The summed E-state index contributed by atoms with van der Waals surface area (Å²) in [6.07, 6.45) is 8.91. The van der Waals surface area contributed by atoms with Crippen LogP contribution >= 0.6 is 0 Å². The molecule has 0 saturated carbocycles. The Morgan fingerprint density at radius 3 is 1.89 bits per heavy atom. The van der Waals surface area contributed by atoms with E-state index in [0.29, 0.717) is 6.42 Å². The summed E-state index contributed by atoms with van der Waals surface area (Å²) in [4.78, 5) is 25.4. The first-order valence-electron chi connectivity index (χ1n) is 14.5. The van der Waals surface area contributed by atoms with Crippen LogP contribution in [0.2, 0.25) is 0 Å². The summed E-state index contributed by atoms with van der Waals surface area (Å²) in [7, 11) is 0. The van der Waals surface area contributed by atoms with Gasteiger partial charge in [-0.3, -0.25) is 9.59 Å². The van der Waals surface area contributed by atoms with Crippen LogP contribution in [0.4, 0.5) is 0 Å². The Labute approximate surface area is 221 Å². The van der Waals surface area contributed by atoms with Crippen LogP contribution < -0.4 is 10.6 Å². The average molecular weight is 509 g/mol. The lowest BCUT2D eigenvalue weighted by molar-refractivity contribution is -0.169. The Balaban J connectivity index is 1.64. The van der Waals surface area contributed by atoms with E-state index in [1.54, 1.807) is 0 Å². The predicted octanol–water partition coefficient (Wildman–Crippen LogP) is 6.16. The first-order valence-corrected chi connectivity index (χ1v) is 14.5. The molecule has 0 amide bonds. The standard InChI is InChI=1S/C30H56N2O4/c1-10-22(25(34)35-23-18-29(6,7)32-30(8,9)19-23)16-14-12-11-13-15-17-24(33)36-26-27(2,3)20-31-21-28(26,4)5/h22-23,26,31-32H,10-21H2,1-9H3. The van der Waals surface area contributed by atoms with Gasteiger partial charge in [0, 0.05) is 54.3 Å². The third kappa shape index (κ3) is 9.63. The van der Waals surface area contributed by atoms with Crippen LogP contribution in [0.25, 0.3) is 0 Å². The molecule has 2 heterocycles. The Kier molecular flexibility index (Phi) is 10.9. The van der Waals surface area contributed by atoms with Crippen LogP contribution in [0.1, 0.15) is 127 Å². The summed E-state index contributed by atoms with van der Waals surface area (Å²) in [6, 6.07) is 0. The Morgan fingerprint density at radius 2 is 1.33 bits per heavy atom. The molecule has 2 aliphatic heterocycles. The van der Waals surface area contributed by atoms with Crippen molar-refractivity contribution in [3.63, 3.8) is 0 Å². The fourth-order valence-electron chi connectivity index (χ4n) is 6.71. The van der Waals surface area contributed by atoms with E-state index >= 15 is 0 Å². The monoisotopic (exact) mass is 508 g/mol. The molecule has 0 spiro atoms. The van der Waals surface area contributed by atoms with Gasteiger partial charge in [-0.2, -0.15) is 0 Å². The maximum atomic E-state index is 12.9. The van der Waals surface area contributed by atoms with Gasteiger partial charge < -0.3 is 20.1 Å². The molecule has 2 N–H and O–H groups in total. The van der Waals surface area contributed by atoms with Crippen molar-refractivity contribution < 1.29 is 19.1 Å². The number of carbonyl (C=O) groups is 2. The molecule has 1 atom stereocenters. The van der Waals surface area contributed by atoms with Gasteiger partial charge in [0.15, 0.2) is 0 Å². The number of hydrogen-bond donors (Lipinski definition) is 2. The van der Waals surface area contributed by atoms with Crippen molar-refractivity contribution in [2.24, 2.45) is 16.7 Å². The van der Waals surface area contributed by atoms with Crippen molar-refractivity contribution >= 4 is 11.9 Å². The van der Waals surface area contributed by atoms with Crippen LogP contribution in [-0.4, -0.2) is 48.3 Å². The lowest BCUT2D eigenvalue weighted by Gasteiger charge is -2.48. The largest absolute Gasteiger partial charge is 0.462 e. The highest BCUT2D eigenvalue weighted by molar-refractivity contribution is 5.72. The fraction of sp³-hybridized carbons (Fsp3) is 0.933. The zero-order valence-electron chi connectivity index (χ0n) is 24.9. The number of rotatable bonds is 12. The summed E-state index contributed by atoms with van der Waals surface area (Å²) in [5, 5.41) is 7.11. The van der Waals surface area contributed by atoms with Crippen molar-refractivity contribution in [1.29, 1.82) is 0 Å². The van der Waals surface area contributed by atoms with Gasteiger partial charge in [-0.1, -0.05) is 60.3 Å². The molecule has 0 aromatic carbocycles. The normalized spacial score (nSPS) is 24.1. The second-order valence-corrected chi connectivity index (χ2v) is 14.2. The minimum Gasteiger partial charge on any atom is -0.462 e. The highest BCUT2D eigenvalue weighted by atomic mass is 16.5. The van der Waals surface area contributed by atoms with Gasteiger partial charge >= 0.3 is 11.9 Å². The molecule has 2 saturated heterocycles. The van der Waals surface area contributed by atoms with Crippen LogP contribution in [-0.2, 0) is 19.1 Å². The summed E-state index contributed by atoms with van der Waals surface area (Å²) in [5.41, 5.74) is -0.176. The van der Waals surface area contributed by atoms with E-state index in [4.69, 9.17) is 9.47 Å². The van der Waals surface area contributed by atoms with E-state index < -0.39 is 0 Å². The number of piperidine rings is 2. The number of ether oxygens (including phenoxy) is 2. The Hall–Kier alpha value is -1.14. The Morgan fingerprint density at radius 1 is 0.806 bits per heavy atom. The van der Waals surface area contributed by atoms with Gasteiger partial charge in [0.2, 0.25) is 0 Å². The summed E-state index contributed by atoms with van der Waals surface area (Å²) in [5.74, 6) is -0.110. The van der Waals surface area contributed by atoms with Crippen molar-refractivity contribution in [1.82, 2.24) is 10.6 Å². The maximum absolute atomic E-state index is 12.9. The topological polar surface area (TPSA) is 76.7 Å². The smallest absolute Gasteiger partial charge is 0.309 e. The van der Waals surface area contributed by atoms with Crippen LogP contribution in [0.5, 0.6) is 0 Å². The average Bonchev–Trinajstić information content (AvgIpc) is 2.70. The van der Waals surface area contributed by atoms with E-state index in [2.05, 4.69) is 72.9 Å². The first-order chi connectivity index (χ1) is 16.6. The maximum Gasteiger partial charge on any atom is 0.309 e. The third-order valence-corrected chi connectivity index (χ3v) is 8.03. The second kappa shape index (κ2) is 12.6. The molecule has 1 unspecified atom stereocenters. The zero-order valence-corrected chi connectivity index (χ0v) is 24.9. The van der Waals surface area contributed by atoms with Crippen LogP contribution in [0.15, 0.2) is 0 Å². The molecule has 0 aliphatic carbocycles. The lowest BCUT2D eigenvalue weighted by Crippen LogP contribution is -2.59. The molecular formula is C30H56N2O4. The van der Waals surface area contributed by atoms with Crippen molar-refractivity contribution in [2.45, 2.75) is 150 Å². The zero-order chi connectivity index (χ0) is 27.2. The van der Waals surface area contributed by atoms with Crippen LogP contribution in [0.3, 0.4) is 0 Å². The minimum atomic E-state index is -0.0684. The summed E-state index contributed by atoms with van der Waals surface area (Å²) >= 11 is 0. The molecule has 210 valence electrons. The van der Waals surface area contributed by atoms with Crippen molar-refractivity contribution in [2.75, 3.05) is 13.1 Å². The quantitative estimate of drug-likeness (QED) is 0.243. The van der Waals surface area contributed by atoms with E-state index in [1.807, 2.05) is 0 Å². The molecule has 6 nitrogen and oxygen atoms in total. The fourth-order valence-corrected chi connectivity index (χ4v) is 6.71. The number of nitrogens with one attached hydrogen (secondary N) is 2. The highest BCUT2D eigenvalue weighted by Crippen LogP contribution is 2.39. The summed E-state index contributed by atoms with van der Waals surface area (Å²) < 4.78 is 12.0. The van der Waals surface area contributed by atoms with Gasteiger partial charge in [-0.15, -0.1) is 0 Å². The van der Waals surface area contributed by atoms with Crippen molar-refractivity contribution in [3.8, 4) is 0 Å². The molecule has 2 rings (SSSR count). The van der Waals surface area contributed by atoms with E-state index in [9.17, 15) is 9.59 Å². The lowest BCUT2D eigenvalue weighted by atomic mass is 9.69. The first kappa shape index (κ1) is 31.1. The van der Waals surface area contributed by atoms with Gasteiger partial charge in [-0.25, -0.2) is 0 Å². The van der Waals surface area contributed by atoms with Gasteiger partial charge in [-0.05, 0) is 47.0 Å². The molecule has 6 heteroatoms. The SMILES string of the molecule is CCC(CCCCCCCC(=O)OC1C(C)(C)CNCC1(C)C)C(=O)OC1CC(C)(C)NC(C)(C)C1. The molecule has 0 aromatic heterocycles. The van der Waals surface area contributed by atoms with E-state index in [0.717, 1.165) is 70.9 Å². The van der Waals surface area contributed by atoms with Gasteiger partial charge in [0.05, 0.1) is 5.92 Å².